The van der Waals surface area contributed by atoms with Crippen molar-refractivity contribution in [2.45, 2.75) is 4.90 Å². The van der Waals surface area contributed by atoms with Gasteiger partial charge >= 0.3 is 0 Å². The van der Waals surface area contributed by atoms with Crippen LogP contribution in [0.2, 0.25) is 0 Å². The molecule has 0 bridgehead atoms. The van der Waals surface area contributed by atoms with E-state index in [0.29, 0.717) is 11.0 Å². The number of hydrogen-bond donors (Lipinski definition) is 0. The van der Waals surface area contributed by atoms with Crippen LogP contribution in [0.25, 0.3) is 4.91 Å². The molecule has 132 valence electrons. The van der Waals surface area contributed by atoms with Gasteiger partial charge in [-0.2, -0.15) is 0 Å². The third-order valence-electron chi connectivity index (χ3n) is 3.81. The minimum absolute atomic E-state index is 0. The summed E-state index contributed by atoms with van der Waals surface area (Å²) < 4.78 is 0.619. The van der Waals surface area contributed by atoms with Crippen molar-refractivity contribution in [1.29, 1.82) is 0 Å². The molecular weight excluding hydrogens is 420 g/mol. The van der Waals surface area contributed by atoms with E-state index in [1.165, 1.54) is 0 Å². The number of fused-ring (bicyclic) bond motifs is 1. The highest BCUT2D eigenvalue weighted by Gasteiger charge is 2.28. The average molecular weight is 440 g/mol. The van der Waals surface area contributed by atoms with Crippen LogP contribution in [-0.2, 0) is 4.79 Å². The van der Waals surface area contributed by atoms with Gasteiger partial charge in [-0.05, 0) is 47.7 Å². The average Bonchev–Trinajstić information content (AvgIpc) is 2.70. The summed E-state index contributed by atoms with van der Waals surface area (Å²) in [7, 11) is 4.03. The molecule has 0 unspecified atom stereocenters. The predicted octanol–water partition coefficient (Wildman–Crippen LogP) is 4.87. The molecule has 0 radical (unpaired) electrons. The van der Waals surface area contributed by atoms with Crippen molar-refractivity contribution in [3.63, 3.8) is 0 Å². The van der Waals surface area contributed by atoms with Crippen LogP contribution in [0.3, 0.4) is 0 Å². The quantitative estimate of drug-likeness (QED) is 0.679. The topological polar surface area (TPSA) is 23.6 Å². The largest absolute Gasteiger partial charge is 0.308 e. The first kappa shape index (κ1) is 20.0. The normalized spacial score (nSPS) is 14.2. The van der Waals surface area contributed by atoms with Crippen LogP contribution in [0.4, 0.5) is 5.69 Å². The monoisotopic (exact) mass is 438 g/mol. The maximum atomic E-state index is 13.1. The van der Waals surface area contributed by atoms with Crippen LogP contribution < -0.4 is 4.90 Å². The SMILES string of the molecule is CN(C)CCN1C(=O)C(Br)=C(c2ccccc2)Sc2ccccc21.Cl. The third kappa shape index (κ3) is 4.47. The Morgan fingerprint density at radius 2 is 1.68 bits per heavy atom. The molecule has 25 heavy (non-hydrogen) atoms. The summed E-state index contributed by atoms with van der Waals surface area (Å²) in [6.45, 7) is 1.46. The van der Waals surface area contributed by atoms with E-state index in [4.69, 9.17) is 0 Å². The maximum absolute atomic E-state index is 13.1. The summed E-state index contributed by atoms with van der Waals surface area (Å²) in [6, 6.07) is 18.1. The van der Waals surface area contributed by atoms with E-state index < -0.39 is 0 Å². The summed E-state index contributed by atoms with van der Waals surface area (Å²) in [5.74, 6) is 0.00755. The number of thioether (sulfide) groups is 1. The minimum Gasteiger partial charge on any atom is -0.308 e. The molecule has 0 aliphatic carbocycles. The lowest BCUT2D eigenvalue weighted by Gasteiger charge is -2.24. The number of nitrogens with zero attached hydrogens (tertiary/aromatic N) is 2. The zero-order valence-corrected chi connectivity index (χ0v) is 17.3. The number of anilines is 1. The van der Waals surface area contributed by atoms with Crippen LogP contribution in [0.1, 0.15) is 5.56 Å². The third-order valence-corrected chi connectivity index (χ3v) is 6.01. The summed E-state index contributed by atoms with van der Waals surface area (Å²) >= 11 is 5.20. The molecule has 0 fully saturated rings. The Bertz CT molecular complexity index is 780. The highest BCUT2D eigenvalue weighted by atomic mass is 79.9. The molecule has 2 aromatic rings. The maximum Gasteiger partial charge on any atom is 0.266 e. The molecule has 3 nitrogen and oxygen atoms in total. The number of rotatable bonds is 4. The number of hydrogen-bond acceptors (Lipinski definition) is 3. The molecule has 0 saturated heterocycles. The van der Waals surface area contributed by atoms with Crippen molar-refractivity contribution in [1.82, 2.24) is 4.90 Å². The fourth-order valence-corrected chi connectivity index (χ4v) is 4.31. The van der Waals surface area contributed by atoms with Crippen molar-refractivity contribution in [2.75, 3.05) is 32.1 Å². The smallest absolute Gasteiger partial charge is 0.266 e. The molecule has 0 aromatic heterocycles. The van der Waals surface area contributed by atoms with Gasteiger partial charge in [0.15, 0.2) is 0 Å². The highest BCUT2D eigenvalue weighted by molar-refractivity contribution is 9.12. The molecule has 1 heterocycles. The first-order chi connectivity index (χ1) is 11.6. The van der Waals surface area contributed by atoms with Crippen LogP contribution in [0, 0.1) is 0 Å². The fraction of sp³-hybridized carbons (Fsp3) is 0.211. The van der Waals surface area contributed by atoms with Gasteiger partial charge in [0.1, 0.15) is 0 Å². The number of likely N-dealkylation sites (N-methyl/N-ethyl adjacent to an activating group) is 1. The van der Waals surface area contributed by atoms with Gasteiger partial charge in [-0.1, -0.05) is 54.2 Å². The number of amides is 1. The minimum atomic E-state index is 0. The van der Waals surface area contributed by atoms with E-state index in [1.54, 1.807) is 11.8 Å². The van der Waals surface area contributed by atoms with Gasteiger partial charge in [0, 0.05) is 22.9 Å². The van der Waals surface area contributed by atoms with Gasteiger partial charge in [-0.15, -0.1) is 12.4 Å². The Morgan fingerprint density at radius 3 is 2.36 bits per heavy atom. The van der Waals surface area contributed by atoms with Gasteiger partial charge in [-0.25, -0.2) is 0 Å². The summed E-state index contributed by atoms with van der Waals surface area (Å²) in [6.07, 6.45) is 0. The fourth-order valence-electron chi connectivity index (χ4n) is 2.54. The van der Waals surface area contributed by atoms with E-state index in [1.807, 2.05) is 67.5 Å². The van der Waals surface area contributed by atoms with Crippen molar-refractivity contribution in [3.8, 4) is 0 Å². The standard InChI is InChI=1S/C19H19BrN2OS.ClH/c1-21(2)12-13-22-15-10-6-7-11-16(15)24-18(17(20)19(22)23)14-8-4-3-5-9-14;/h3-11H,12-13H2,1-2H3;1H. The van der Waals surface area contributed by atoms with E-state index in [9.17, 15) is 4.79 Å². The van der Waals surface area contributed by atoms with E-state index >= 15 is 0 Å². The van der Waals surface area contributed by atoms with Gasteiger partial charge in [-0.3, -0.25) is 4.79 Å². The molecule has 3 rings (SSSR count). The Kier molecular flexibility index (Phi) is 7.14. The second-order valence-corrected chi connectivity index (χ2v) is 7.68. The molecule has 2 aromatic carbocycles. The van der Waals surface area contributed by atoms with Crippen LogP contribution in [0.15, 0.2) is 64.0 Å². The molecule has 0 spiro atoms. The first-order valence-corrected chi connectivity index (χ1v) is 9.37. The van der Waals surface area contributed by atoms with E-state index in [2.05, 4.69) is 26.9 Å². The van der Waals surface area contributed by atoms with Crippen molar-refractivity contribution in [3.05, 3.63) is 64.6 Å². The van der Waals surface area contributed by atoms with Gasteiger partial charge < -0.3 is 9.80 Å². The summed E-state index contributed by atoms with van der Waals surface area (Å²) in [5.41, 5.74) is 2.02. The molecule has 1 amide bonds. The number of para-hydroxylation sites is 1. The Hall–Kier alpha value is -1.27. The second-order valence-electron chi connectivity index (χ2n) is 5.84. The van der Waals surface area contributed by atoms with Gasteiger partial charge in [0.25, 0.3) is 5.91 Å². The number of carbonyl (C=O) groups excluding carboxylic acids is 1. The highest BCUT2D eigenvalue weighted by Crippen LogP contribution is 2.46. The second kappa shape index (κ2) is 8.90. The van der Waals surface area contributed by atoms with Crippen molar-refractivity contribution < 1.29 is 4.79 Å². The molecule has 1 aliphatic rings. The molecule has 0 atom stereocenters. The molecule has 0 N–H and O–H groups in total. The lowest BCUT2D eigenvalue weighted by Crippen LogP contribution is -2.36. The Balaban J connectivity index is 0.00000225. The van der Waals surface area contributed by atoms with Crippen LogP contribution in [0.5, 0.6) is 0 Å². The van der Waals surface area contributed by atoms with Crippen molar-refractivity contribution in [2.24, 2.45) is 0 Å². The van der Waals surface area contributed by atoms with Crippen molar-refractivity contribution >= 4 is 56.6 Å². The number of carbonyl (C=O) groups is 1. The van der Waals surface area contributed by atoms with Gasteiger partial charge in [0.2, 0.25) is 0 Å². The summed E-state index contributed by atoms with van der Waals surface area (Å²) in [5, 5.41) is 0. The zero-order valence-electron chi connectivity index (χ0n) is 14.1. The van der Waals surface area contributed by atoms with Crippen LogP contribution in [-0.4, -0.2) is 38.0 Å². The van der Waals surface area contributed by atoms with E-state index in [-0.39, 0.29) is 18.3 Å². The molecule has 6 heteroatoms. The molecule has 1 aliphatic heterocycles. The molecule has 0 saturated carbocycles. The Morgan fingerprint density at radius 1 is 1.04 bits per heavy atom. The first-order valence-electron chi connectivity index (χ1n) is 7.76. The predicted molar refractivity (Wildman–Crippen MR) is 113 cm³/mol. The lowest BCUT2D eigenvalue weighted by molar-refractivity contribution is -0.114. The van der Waals surface area contributed by atoms with E-state index in [0.717, 1.165) is 27.6 Å². The molecular formula is C19H20BrClN2OS. The number of halogens is 2. The Labute approximate surface area is 167 Å². The number of benzene rings is 2. The lowest BCUT2D eigenvalue weighted by atomic mass is 10.2. The summed E-state index contributed by atoms with van der Waals surface area (Å²) in [4.78, 5) is 19.1. The van der Waals surface area contributed by atoms with Gasteiger partial charge in [0.05, 0.1) is 10.2 Å². The van der Waals surface area contributed by atoms with Crippen LogP contribution >= 0.6 is 40.1 Å². The zero-order chi connectivity index (χ0) is 17.1.